The first-order valence-electron chi connectivity index (χ1n) is 10.3. The molecule has 0 radical (unpaired) electrons. The Morgan fingerprint density at radius 2 is 1.93 bits per heavy atom. The molecule has 2 amide bonds. The molecule has 1 unspecified atom stereocenters. The smallest absolute Gasteiger partial charge is 0.267 e. The molecular formula is C23H27N3O4. The number of amides is 2. The van der Waals surface area contributed by atoms with E-state index in [-0.39, 0.29) is 11.8 Å². The molecule has 7 heteroatoms. The average molecular weight is 409 g/mol. The summed E-state index contributed by atoms with van der Waals surface area (Å²) in [4.78, 5) is 29.5. The van der Waals surface area contributed by atoms with Crippen LogP contribution in [0.4, 0.5) is 11.4 Å². The number of hydrogen-bond donors (Lipinski definition) is 1. The quantitative estimate of drug-likeness (QED) is 0.822. The molecule has 1 fully saturated rings. The number of morpholine rings is 1. The van der Waals surface area contributed by atoms with Gasteiger partial charge in [0.2, 0.25) is 0 Å². The fourth-order valence-corrected chi connectivity index (χ4v) is 3.77. The van der Waals surface area contributed by atoms with E-state index in [0.29, 0.717) is 29.2 Å². The van der Waals surface area contributed by atoms with Gasteiger partial charge in [0.15, 0.2) is 6.10 Å². The number of benzene rings is 2. The lowest BCUT2D eigenvalue weighted by molar-refractivity contribution is -0.125. The van der Waals surface area contributed by atoms with Crippen molar-refractivity contribution < 1.29 is 19.1 Å². The van der Waals surface area contributed by atoms with Gasteiger partial charge >= 0.3 is 0 Å². The van der Waals surface area contributed by atoms with Gasteiger partial charge in [0, 0.05) is 37.4 Å². The van der Waals surface area contributed by atoms with Crippen molar-refractivity contribution >= 4 is 23.2 Å². The van der Waals surface area contributed by atoms with Crippen LogP contribution in [-0.4, -0.2) is 62.2 Å². The van der Waals surface area contributed by atoms with E-state index >= 15 is 0 Å². The second-order valence-corrected chi connectivity index (χ2v) is 7.71. The summed E-state index contributed by atoms with van der Waals surface area (Å²) < 4.78 is 11.2. The number of aryl methyl sites for hydroxylation is 1. The maximum absolute atomic E-state index is 12.8. The van der Waals surface area contributed by atoms with Gasteiger partial charge in [-0.1, -0.05) is 17.7 Å². The van der Waals surface area contributed by atoms with Crippen LogP contribution in [0.15, 0.2) is 42.5 Å². The molecule has 158 valence electrons. The van der Waals surface area contributed by atoms with Gasteiger partial charge in [-0.25, -0.2) is 0 Å². The van der Waals surface area contributed by atoms with E-state index in [1.165, 1.54) is 0 Å². The van der Waals surface area contributed by atoms with Gasteiger partial charge < -0.3 is 19.7 Å². The summed E-state index contributed by atoms with van der Waals surface area (Å²) in [5.41, 5.74) is 2.93. The number of carbonyl (C=O) groups is 2. The molecule has 1 atom stereocenters. The number of nitrogens with one attached hydrogen (secondary N) is 1. The summed E-state index contributed by atoms with van der Waals surface area (Å²) in [6, 6.07) is 12.9. The Labute approximate surface area is 176 Å². The molecule has 4 rings (SSSR count). The minimum absolute atomic E-state index is 0.0714. The molecule has 0 saturated carbocycles. The first-order valence-corrected chi connectivity index (χ1v) is 10.3. The van der Waals surface area contributed by atoms with Gasteiger partial charge in [-0.3, -0.25) is 14.5 Å². The van der Waals surface area contributed by atoms with Crippen molar-refractivity contribution in [2.45, 2.75) is 20.0 Å². The van der Waals surface area contributed by atoms with Gasteiger partial charge in [-0.05, 0) is 44.2 Å². The Balaban J connectivity index is 1.53. The second-order valence-electron chi connectivity index (χ2n) is 7.71. The summed E-state index contributed by atoms with van der Waals surface area (Å²) in [7, 11) is 0. The SMILES string of the molecule is Cc1cccc(C(=O)Nc2ccc3c(c2)N(CCN2CCOCC2)C(=O)C(C)O3)c1. The Kier molecular flexibility index (Phi) is 6.01. The Morgan fingerprint density at radius 1 is 1.13 bits per heavy atom. The number of nitrogens with zero attached hydrogens (tertiary/aromatic N) is 2. The van der Waals surface area contributed by atoms with Crippen LogP contribution in [0.3, 0.4) is 0 Å². The molecule has 2 aliphatic heterocycles. The molecule has 0 spiro atoms. The molecule has 2 aromatic rings. The number of hydrogen-bond acceptors (Lipinski definition) is 5. The van der Waals surface area contributed by atoms with Crippen LogP contribution in [0.2, 0.25) is 0 Å². The molecular weight excluding hydrogens is 382 g/mol. The largest absolute Gasteiger partial charge is 0.479 e. The molecule has 2 aromatic carbocycles. The van der Waals surface area contributed by atoms with Crippen LogP contribution in [-0.2, 0) is 9.53 Å². The zero-order valence-electron chi connectivity index (χ0n) is 17.4. The van der Waals surface area contributed by atoms with Crippen molar-refractivity contribution in [2.75, 3.05) is 49.6 Å². The molecule has 0 bridgehead atoms. The van der Waals surface area contributed by atoms with E-state index in [2.05, 4.69) is 10.2 Å². The predicted molar refractivity (Wildman–Crippen MR) is 115 cm³/mol. The third kappa shape index (κ3) is 4.47. The van der Waals surface area contributed by atoms with Crippen LogP contribution in [0.5, 0.6) is 5.75 Å². The van der Waals surface area contributed by atoms with E-state index in [4.69, 9.17) is 9.47 Å². The number of ether oxygens (including phenoxy) is 2. The van der Waals surface area contributed by atoms with Crippen molar-refractivity contribution in [3.05, 3.63) is 53.6 Å². The van der Waals surface area contributed by atoms with E-state index in [1.807, 2.05) is 37.3 Å². The lowest BCUT2D eigenvalue weighted by atomic mass is 10.1. The lowest BCUT2D eigenvalue weighted by Crippen LogP contribution is -2.48. The van der Waals surface area contributed by atoms with Gasteiger partial charge in [0.1, 0.15) is 5.75 Å². The van der Waals surface area contributed by atoms with Crippen LogP contribution < -0.4 is 15.0 Å². The fourth-order valence-electron chi connectivity index (χ4n) is 3.77. The Hall–Kier alpha value is -2.90. The normalized spacial score (nSPS) is 19.2. The van der Waals surface area contributed by atoms with Crippen LogP contribution in [0, 0.1) is 6.92 Å². The van der Waals surface area contributed by atoms with E-state index in [1.54, 1.807) is 24.0 Å². The highest BCUT2D eigenvalue weighted by Gasteiger charge is 2.32. The van der Waals surface area contributed by atoms with Gasteiger partial charge in [-0.2, -0.15) is 0 Å². The molecule has 7 nitrogen and oxygen atoms in total. The maximum Gasteiger partial charge on any atom is 0.267 e. The maximum atomic E-state index is 12.8. The second kappa shape index (κ2) is 8.85. The standard InChI is InChI=1S/C23H27N3O4/c1-16-4-3-5-18(14-16)22(27)24-19-6-7-21-20(15-19)26(23(28)17(2)30-21)9-8-25-10-12-29-13-11-25/h3-7,14-15,17H,8-13H2,1-2H3,(H,24,27). The number of rotatable bonds is 5. The zero-order valence-corrected chi connectivity index (χ0v) is 17.4. The predicted octanol–water partition coefficient (Wildman–Crippen LogP) is 2.69. The molecule has 30 heavy (non-hydrogen) atoms. The number of anilines is 2. The topological polar surface area (TPSA) is 71.1 Å². The molecule has 2 heterocycles. The van der Waals surface area contributed by atoms with Gasteiger partial charge in [0.05, 0.1) is 18.9 Å². The third-order valence-corrected chi connectivity index (χ3v) is 5.45. The summed E-state index contributed by atoms with van der Waals surface area (Å²) in [6.07, 6.45) is -0.532. The minimum atomic E-state index is -0.532. The molecule has 0 aromatic heterocycles. The van der Waals surface area contributed by atoms with Crippen LogP contribution in [0.25, 0.3) is 0 Å². The fraction of sp³-hybridized carbons (Fsp3) is 0.391. The Bertz CT molecular complexity index is 940. The van der Waals surface area contributed by atoms with Crippen molar-refractivity contribution in [1.29, 1.82) is 0 Å². The first-order chi connectivity index (χ1) is 14.5. The van der Waals surface area contributed by atoms with Gasteiger partial charge in [0.25, 0.3) is 11.8 Å². The monoisotopic (exact) mass is 409 g/mol. The van der Waals surface area contributed by atoms with Crippen molar-refractivity contribution in [3.63, 3.8) is 0 Å². The molecule has 2 aliphatic rings. The molecule has 1 saturated heterocycles. The highest BCUT2D eigenvalue weighted by molar-refractivity contribution is 6.05. The number of carbonyl (C=O) groups excluding carboxylic acids is 2. The summed E-state index contributed by atoms with van der Waals surface area (Å²) in [6.45, 7) is 8.22. The average Bonchev–Trinajstić information content (AvgIpc) is 2.75. The summed E-state index contributed by atoms with van der Waals surface area (Å²) in [5.74, 6) is 0.394. The Morgan fingerprint density at radius 3 is 2.70 bits per heavy atom. The van der Waals surface area contributed by atoms with Crippen molar-refractivity contribution in [3.8, 4) is 5.75 Å². The van der Waals surface area contributed by atoms with Crippen LogP contribution >= 0.6 is 0 Å². The minimum Gasteiger partial charge on any atom is -0.479 e. The summed E-state index contributed by atoms with van der Waals surface area (Å²) >= 11 is 0. The van der Waals surface area contributed by atoms with Gasteiger partial charge in [-0.15, -0.1) is 0 Å². The van der Waals surface area contributed by atoms with Crippen molar-refractivity contribution in [1.82, 2.24) is 4.90 Å². The molecule has 1 N–H and O–H groups in total. The first kappa shape index (κ1) is 20.4. The van der Waals surface area contributed by atoms with E-state index in [0.717, 1.165) is 38.4 Å². The summed E-state index contributed by atoms with van der Waals surface area (Å²) in [5, 5.41) is 2.93. The van der Waals surface area contributed by atoms with E-state index in [9.17, 15) is 9.59 Å². The van der Waals surface area contributed by atoms with Crippen LogP contribution in [0.1, 0.15) is 22.8 Å². The highest BCUT2D eigenvalue weighted by Crippen LogP contribution is 2.36. The lowest BCUT2D eigenvalue weighted by Gasteiger charge is -2.35. The zero-order chi connectivity index (χ0) is 21.1. The molecule has 0 aliphatic carbocycles. The van der Waals surface area contributed by atoms with E-state index < -0.39 is 6.10 Å². The van der Waals surface area contributed by atoms with Crippen molar-refractivity contribution in [2.24, 2.45) is 0 Å². The highest BCUT2D eigenvalue weighted by atomic mass is 16.5. The number of fused-ring (bicyclic) bond motifs is 1. The third-order valence-electron chi connectivity index (χ3n) is 5.45.